The largest absolute Gasteiger partial charge is 1.00 e. The third kappa shape index (κ3) is 4.72. The molecule has 7 rings (SSSR count). The molecule has 0 amide bonds. The number of Topliss-reactive ketones (excluding diaryl/α,β-unsaturated/α-hetero) is 1. The van der Waals surface area contributed by atoms with Crippen LogP contribution >= 0.6 is 0 Å². The van der Waals surface area contributed by atoms with Crippen LogP contribution in [0.1, 0.15) is 38.2 Å². The van der Waals surface area contributed by atoms with Gasteiger partial charge in [0.25, 0.3) is 0 Å². The summed E-state index contributed by atoms with van der Waals surface area (Å²) < 4.78 is 1.97. The van der Waals surface area contributed by atoms with E-state index in [4.69, 9.17) is 0 Å². The van der Waals surface area contributed by atoms with E-state index in [2.05, 4.69) is 49.4 Å². The fraction of sp³-hybridized carbons (Fsp3) is 0.250. The molecule has 27 heavy (non-hydrogen) atoms. The number of carbonyl (C=O) groups excluding carboxylic acids is 1. The van der Waals surface area contributed by atoms with Crippen molar-refractivity contribution in [3.63, 3.8) is 0 Å². The van der Waals surface area contributed by atoms with Crippen molar-refractivity contribution in [2.24, 2.45) is 0 Å². The summed E-state index contributed by atoms with van der Waals surface area (Å²) in [4.78, 5) is 13.0. The lowest BCUT2D eigenvalue weighted by molar-refractivity contribution is -0.683. The summed E-state index contributed by atoms with van der Waals surface area (Å²) in [6.45, 7) is 2.45. The minimum absolute atomic E-state index is 0. The van der Waals surface area contributed by atoms with Crippen LogP contribution < -0.4 is 21.5 Å². The molecule has 0 unspecified atom stereocenters. The molecule has 2 aromatic carbocycles. The Kier molecular flexibility index (Phi) is 6.22. The van der Waals surface area contributed by atoms with E-state index < -0.39 is 0 Å². The summed E-state index contributed by atoms with van der Waals surface area (Å²) in [5, 5.41) is 0. The number of halogens is 1. The van der Waals surface area contributed by atoms with Gasteiger partial charge in [-0.2, -0.15) is 4.57 Å². The summed E-state index contributed by atoms with van der Waals surface area (Å²) in [5.41, 5.74) is 7.21. The van der Waals surface area contributed by atoms with Gasteiger partial charge in [-0.15, -0.1) is 0 Å². The lowest BCUT2D eigenvalue weighted by atomic mass is 9.92. The molecule has 0 spiro atoms. The number of aromatic nitrogens is 1. The van der Waals surface area contributed by atoms with Crippen LogP contribution in [0.25, 0.3) is 0 Å². The maximum atomic E-state index is 13.0. The summed E-state index contributed by atoms with van der Waals surface area (Å²) in [7, 11) is 0. The number of ketones is 1. The Bertz CT molecular complexity index is 930. The zero-order valence-corrected chi connectivity index (χ0v) is 17.2. The molecule has 1 aromatic heterocycles. The van der Waals surface area contributed by atoms with Crippen molar-refractivity contribution < 1.29 is 26.3 Å². The predicted molar refractivity (Wildman–Crippen MR) is 103 cm³/mol. The smallest absolute Gasteiger partial charge is 0.227 e. The van der Waals surface area contributed by atoms with Crippen molar-refractivity contribution in [2.75, 3.05) is 0 Å². The number of aryl methyl sites for hydroxylation is 5. The zero-order chi connectivity index (χ0) is 17.9. The van der Waals surface area contributed by atoms with Gasteiger partial charge in [0.2, 0.25) is 12.3 Å². The maximum absolute atomic E-state index is 13.0. The van der Waals surface area contributed by atoms with Crippen molar-refractivity contribution >= 4 is 5.78 Å². The fourth-order valence-electron chi connectivity index (χ4n) is 3.59. The third-order valence-corrected chi connectivity index (χ3v) is 5.27. The summed E-state index contributed by atoms with van der Waals surface area (Å²) in [5.74, 6) is 0.196. The molecule has 0 atom stereocenters. The van der Waals surface area contributed by atoms with E-state index in [1.165, 1.54) is 22.3 Å². The molecule has 0 saturated heterocycles. The molecular formula is C24H24BrNO. The molecule has 0 saturated carbocycles. The van der Waals surface area contributed by atoms with Crippen molar-refractivity contribution in [3.8, 4) is 0 Å². The molecule has 138 valence electrons. The molecule has 2 nitrogen and oxygen atoms in total. The van der Waals surface area contributed by atoms with Crippen molar-refractivity contribution in [1.82, 2.24) is 0 Å². The predicted octanol–water partition coefficient (Wildman–Crippen LogP) is 1.05. The SMILES string of the molecule is Cc1cc[n+](CC(=O)c2cc3ccc2CCc2ccc(cc2)CC3)cc1.[Br-]. The minimum Gasteiger partial charge on any atom is -1.00 e. The van der Waals surface area contributed by atoms with Gasteiger partial charge < -0.3 is 17.0 Å². The normalized spacial score (nSPS) is 12.8. The highest BCUT2D eigenvalue weighted by atomic mass is 79.9. The number of hydrogen-bond acceptors (Lipinski definition) is 1. The maximum Gasteiger partial charge on any atom is 0.227 e. The lowest BCUT2D eigenvalue weighted by Gasteiger charge is -2.13. The first-order chi connectivity index (χ1) is 12.7. The molecular weight excluding hydrogens is 398 g/mol. The Labute approximate surface area is 171 Å². The third-order valence-electron chi connectivity index (χ3n) is 5.27. The highest BCUT2D eigenvalue weighted by molar-refractivity contribution is 5.96. The molecule has 4 bridgehead atoms. The molecule has 4 aliphatic carbocycles. The highest BCUT2D eigenvalue weighted by Crippen LogP contribution is 2.20. The van der Waals surface area contributed by atoms with Gasteiger partial charge in [-0.05, 0) is 66.5 Å². The number of benzene rings is 2. The van der Waals surface area contributed by atoms with E-state index in [-0.39, 0.29) is 22.8 Å². The Balaban J connectivity index is 0.00000210. The number of carbonyl (C=O) groups is 1. The first-order valence-electron chi connectivity index (χ1n) is 9.36. The summed E-state index contributed by atoms with van der Waals surface area (Å²) >= 11 is 0. The van der Waals surface area contributed by atoms with Crippen molar-refractivity contribution in [1.29, 1.82) is 0 Å². The standard InChI is InChI=1S/C24H24NO.BrH/c1-18-12-14-25(15-13-18)17-24(26)23-16-21-7-6-19-2-4-20(5-3-19)8-10-22(23)11-9-21;/h2-5,9,11-16H,6-8,10,17H2,1H3;1H/q+1;/p-1. The van der Waals surface area contributed by atoms with Crippen LogP contribution in [0.5, 0.6) is 0 Å². The van der Waals surface area contributed by atoms with E-state index in [9.17, 15) is 4.79 Å². The average molecular weight is 422 g/mol. The number of rotatable bonds is 3. The van der Waals surface area contributed by atoms with E-state index in [0.29, 0.717) is 6.54 Å². The first kappa shape index (κ1) is 19.5. The second-order valence-electron chi connectivity index (χ2n) is 7.28. The van der Waals surface area contributed by atoms with Crippen LogP contribution in [-0.2, 0) is 32.2 Å². The molecule has 0 radical (unpaired) electrons. The van der Waals surface area contributed by atoms with Crippen LogP contribution in [-0.4, -0.2) is 5.78 Å². The van der Waals surface area contributed by atoms with Crippen LogP contribution in [0.3, 0.4) is 0 Å². The van der Waals surface area contributed by atoms with E-state index in [1.54, 1.807) is 0 Å². The molecule has 0 aliphatic heterocycles. The molecule has 1 heterocycles. The second kappa shape index (κ2) is 8.62. The number of nitrogens with zero attached hydrogens (tertiary/aromatic N) is 1. The Morgan fingerprint density at radius 1 is 0.815 bits per heavy atom. The molecule has 0 N–H and O–H groups in total. The number of hydrogen-bond donors (Lipinski definition) is 0. The lowest BCUT2D eigenvalue weighted by Crippen LogP contribution is -3.00. The van der Waals surface area contributed by atoms with Crippen LogP contribution in [0.15, 0.2) is 67.0 Å². The van der Waals surface area contributed by atoms with Gasteiger partial charge in [0.1, 0.15) is 0 Å². The Hall–Kier alpha value is -2.26. The van der Waals surface area contributed by atoms with Gasteiger partial charge in [0.15, 0.2) is 12.4 Å². The van der Waals surface area contributed by atoms with Gasteiger partial charge >= 0.3 is 0 Å². The van der Waals surface area contributed by atoms with Gasteiger partial charge in [0.05, 0.1) is 0 Å². The van der Waals surface area contributed by atoms with Crippen LogP contribution in [0.4, 0.5) is 0 Å². The zero-order valence-electron chi connectivity index (χ0n) is 15.6. The first-order valence-corrected chi connectivity index (χ1v) is 9.36. The van der Waals surface area contributed by atoms with E-state index in [1.807, 2.05) is 29.1 Å². The minimum atomic E-state index is 0. The molecule has 3 aromatic rings. The second-order valence-corrected chi connectivity index (χ2v) is 7.28. The molecule has 4 aliphatic rings. The van der Waals surface area contributed by atoms with Crippen molar-refractivity contribution in [2.45, 2.75) is 39.2 Å². The average Bonchev–Trinajstić information content (AvgIpc) is 2.65. The topological polar surface area (TPSA) is 20.9 Å². The van der Waals surface area contributed by atoms with Gasteiger partial charge in [-0.25, -0.2) is 0 Å². The Morgan fingerprint density at radius 2 is 1.37 bits per heavy atom. The van der Waals surface area contributed by atoms with Crippen LogP contribution in [0.2, 0.25) is 0 Å². The summed E-state index contributed by atoms with van der Waals surface area (Å²) in [6, 6.07) is 19.5. The quantitative estimate of drug-likeness (QED) is 0.457. The highest BCUT2D eigenvalue weighted by Gasteiger charge is 2.17. The molecule has 3 heteroatoms. The van der Waals surface area contributed by atoms with Gasteiger partial charge in [0, 0.05) is 17.7 Å². The van der Waals surface area contributed by atoms with Crippen LogP contribution in [0, 0.1) is 6.92 Å². The Morgan fingerprint density at radius 3 is 2.04 bits per heavy atom. The monoisotopic (exact) mass is 421 g/mol. The fourth-order valence-corrected chi connectivity index (χ4v) is 3.59. The molecule has 0 fully saturated rings. The van der Waals surface area contributed by atoms with E-state index in [0.717, 1.165) is 36.8 Å². The van der Waals surface area contributed by atoms with E-state index >= 15 is 0 Å². The number of pyridine rings is 1. The van der Waals surface area contributed by atoms with Gasteiger partial charge in [-0.1, -0.05) is 36.4 Å². The van der Waals surface area contributed by atoms with Gasteiger partial charge in [-0.3, -0.25) is 4.79 Å². The summed E-state index contributed by atoms with van der Waals surface area (Å²) in [6.07, 6.45) is 7.82. The van der Waals surface area contributed by atoms with Crippen molar-refractivity contribution in [3.05, 3.63) is 100 Å².